The minimum atomic E-state index is -0.163. The molecule has 0 spiro atoms. The van der Waals surface area contributed by atoms with Gasteiger partial charge < -0.3 is 4.74 Å². The Hall–Kier alpha value is -1.48. The summed E-state index contributed by atoms with van der Waals surface area (Å²) in [5, 5.41) is 8.27. The number of nitrogens with zero attached hydrogens (tertiary/aromatic N) is 1. The number of esters is 1. The lowest BCUT2D eigenvalue weighted by atomic mass is 10.2. The van der Waals surface area contributed by atoms with Crippen LogP contribution >= 0.6 is 0 Å². The lowest BCUT2D eigenvalue weighted by Crippen LogP contribution is -2.05. The second kappa shape index (κ2) is 10.6. The number of carbonyl (C=O) groups is 1. The van der Waals surface area contributed by atoms with E-state index in [1.807, 2.05) is 6.07 Å². The highest BCUT2D eigenvalue weighted by atomic mass is 16.5. The van der Waals surface area contributed by atoms with E-state index < -0.39 is 0 Å². The van der Waals surface area contributed by atoms with Crippen molar-refractivity contribution in [1.82, 2.24) is 0 Å². The zero-order valence-electron chi connectivity index (χ0n) is 9.00. The van der Waals surface area contributed by atoms with Crippen molar-refractivity contribution in [2.45, 2.75) is 44.9 Å². The third-order valence-corrected chi connectivity index (χ3v) is 1.90. The van der Waals surface area contributed by atoms with E-state index >= 15 is 0 Å². The fraction of sp³-hybridized carbons (Fsp3) is 0.667. The maximum Gasteiger partial charge on any atom is 0.305 e. The first-order valence-electron chi connectivity index (χ1n) is 5.27. The van der Waals surface area contributed by atoms with Crippen molar-refractivity contribution in [1.29, 1.82) is 5.26 Å². The molecule has 3 nitrogen and oxygen atoms in total. The van der Waals surface area contributed by atoms with Gasteiger partial charge in [0.05, 0.1) is 12.7 Å². The van der Waals surface area contributed by atoms with Gasteiger partial charge in [0.15, 0.2) is 0 Å². The van der Waals surface area contributed by atoms with E-state index in [1.54, 1.807) is 0 Å². The molecular formula is C12H17NO2. The van der Waals surface area contributed by atoms with Gasteiger partial charge in [0.1, 0.15) is 0 Å². The fourth-order valence-electron chi connectivity index (χ4n) is 1.06. The van der Waals surface area contributed by atoms with Crippen molar-refractivity contribution in [2.24, 2.45) is 0 Å². The van der Waals surface area contributed by atoms with Gasteiger partial charge in [-0.25, -0.2) is 0 Å². The lowest BCUT2D eigenvalue weighted by Gasteiger charge is -2.02. The molecule has 0 aromatic carbocycles. The average molecular weight is 207 g/mol. The molecule has 0 aromatic heterocycles. The predicted molar refractivity (Wildman–Crippen MR) is 57.7 cm³/mol. The molecule has 0 radical (unpaired) electrons. The first-order valence-corrected chi connectivity index (χ1v) is 5.27. The maximum atomic E-state index is 11.1. The Bertz CT molecular complexity index is 247. The van der Waals surface area contributed by atoms with Crippen molar-refractivity contribution in [3.63, 3.8) is 0 Å². The summed E-state index contributed by atoms with van der Waals surface area (Å²) in [5.74, 6) is 2.36. The maximum absolute atomic E-state index is 11.1. The van der Waals surface area contributed by atoms with Crippen LogP contribution in [-0.2, 0) is 9.53 Å². The van der Waals surface area contributed by atoms with Crippen LogP contribution in [0.5, 0.6) is 0 Å². The number of unbranched alkanes of at least 4 members (excludes halogenated alkanes) is 4. The van der Waals surface area contributed by atoms with E-state index in [-0.39, 0.29) is 5.97 Å². The average Bonchev–Trinajstić information content (AvgIpc) is 2.24. The summed E-state index contributed by atoms with van der Waals surface area (Å²) in [6, 6.07) is 2.04. The Kier molecular flexibility index (Phi) is 9.55. The molecule has 0 amide bonds. The summed E-state index contributed by atoms with van der Waals surface area (Å²) in [7, 11) is 0. The van der Waals surface area contributed by atoms with Gasteiger partial charge in [0.2, 0.25) is 0 Å². The summed E-state index contributed by atoms with van der Waals surface area (Å²) in [4.78, 5) is 11.1. The second-order valence-electron chi connectivity index (χ2n) is 3.25. The van der Waals surface area contributed by atoms with Crippen LogP contribution in [0.1, 0.15) is 44.9 Å². The van der Waals surface area contributed by atoms with Crippen molar-refractivity contribution in [3.8, 4) is 18.4 Å². The number of hydrogen-bond donors (Lipinski definition) is 0. The topological polar surface area (TPSA) is 50.1 Å². The van der Waals surface area contributed by atoms with Crippen LogP contribution in [0.15, 0.2) is 0 Å². The van der Waals surface area contributed by atoms with Gasteiger partial charge >= 0.3 is 5.97 Å². The van der Waals surface area contributed by atoms with Gasteiger partial charge in [0.25, 0.3) is 0 Å². The number of nitriles is 1. The van der Waals surface area contributed by atoms with Crippen LogP contribution in [0.3, 0.4) is 0 Å². The highest BCUT2D eigenvalue weighted by Crippen LogP contribution is 2.01. The van der Waals surface area contributed by atoms with Gasteiger partial charge in [-0.05, 0) is 25.7 Å². The monoisotopic (exact) mass is 207 g/mol. The molecule has 3 heteroatoms. The Balaban J connectivity index is 3.20. The summed E-state index contributed by atoms with van der Waals surface area (Å²) >= 11 is 0. The van der Waals surface area contributed by atoms with Crippen LogP contribution in [0.2, 0.25) is 0 Å². The second-order valence-corrected chi connectivity index (χ2v) is 3.25. The molecule has 0 aliphatic rings. The third kappa shape index (κ3) is 10.4. The quantitative estimate of drug-likeness (QED) is 0.349. The number of hydrogen-bond acceptors (Lipinski definition) is 3. The van der Waals surface area contributed by atoms with Crippen LogP contribution in [0.4, 0.5) is 0 Å². The number of terminal acetylenes is 1. The number of rotatable bonds is 8. The van der Waals surface area contributed by atoms with Gasteiger partial charge in [-0.15, -0.1) is 12.3 Å². The van der Waals surface area contributed by atoms with Gasteiger partial charge in [0, 0.05) is 19.3 Å². The molecule has 82 valence electrons. The Morgan fingerprint density at radius 3 is 2.60 bits per heavy atom. The SMILES string of the molecule is C#CCCCCC(=O)OCCCCC#N. The first-order chi connectivity index (χ1) is 7.31. The Morgan fingerprint density at radius 2 is 1.93 bits per heavy atom. The van der Waals surface area contributed by atoms with Gasteiger partial charge in [-0.3, -0.25) is 4.79 Å². The zero-order valence-corrected chi connectivity index (χ0v) is 9.00. The van der Waals surface area contributed by atoms with Gasteiger partial charge in [-0.1, -0.05) is 0 Å². The van der Waals surface area contributed by atoms with Crippen molar-refractivity contribution < 1.29 is 9.53 Å². The van der Waals surface area contributed by atoms with Crippen molar-refractivity contribution in [2.75, 3.05) is 6.61 Å². The summed E-state index contributed by atoms with van der Waals surface area (Å²) < 4.78 is 4.97. The molecule has 15 heavy (non-hydrogen) atoms. The molecule has 0 aromatic rings. The van der Waals surface area contributed by atoms with Crippen LogP contribution in [0, 0.1) is 23.7 Å². The summed E-state index contributed by atoms with van der Waals surface area (Å²) in [5.41, 5.74) is 0. The standard InChI is InChI=1S/C12H17NO2/c1-2-3-4-6-9-12(14)15-11-8-5-7-10-13/h1H,3-9,11H2. The van der Waals surface area contributed by atoms with Crippen molar-refractivity contribution >= 4 is 5.97 Å². The Labute approximate surface area is 91.4 Å². The Morgan fingerprint density at radius 1 is 1.20 bits per heavy atom. The zero-order chi connectivity index (χ0) is 11.4. The van der Waals surface area contributed by atoms with E-state index in [2.05, 4.69) is 5.92 Å². The molecule has 0 fully saturated rings. The highest BCUT2D eigenvalue weighted by Gasteiger charge is 2.01. The third-order valence-electron chi connectivity index (χ3n) is 1.90. The molecule has 0 rings (SSSR count). The smallest absolute Gasteiger partial charge is 0.305 e. The molecule has 0 bridgehead atoms. The fourth-order valence-corrected chi connectivity index (χ4v) is 1.06. The molecule has 0 saturated carbocycles. The molecule has 0 saturated heterocycles. The number of carbonyl (C=O) groups excluding carboxylic acids is 1. The van der Waals surface area contributed by atoms with Crippen LogP contribution in [0.25, 0.3) is 0 Å². The predicted octanol–water partition coefficient (Wildman–Crippen LogP) is 2.42. The van der Waals surface area contributed by atoms with E-state index in [0.29, 0.717) is 19.4 Å². The minimum absolute atomic E-state index is 0.163. The van der Waals surface area contributed by atoms with Crippen molar-refractivity contribution in [3.05, 3.63) is 0 Å². The van der Waals surface area contributed by atoms with E-state index in [0.717, 1.165) is 32.1 Å². The minimum Gasteiger partial charge on any atom is -0.466 e. The van der Waals surface area contributed by atoms with Gasteiger partial charge in [-0.2, -0.15) is 5.26 Å². The van der Waals surface area contributed by atoms with Crippen LogP contribution < -0.4 is 0 Å². The first kappa shape index (κ1) is 13.5. The van der Waals surface area contributed by atoms with Crippen LogP contribution in [-0.4, -0.2) is 12.6 Å². The van der Waals surface area contributed by atoms with E-state index in [1.165, 1.54) is 0 Å². The van der Waals surface area contributed by atoms with E-state index in [4.69, 9.17) is 16.4 Å². The molecular weight excluding hydrogens is 190 g/mol. The molecule has 0 aliphatic carbocycles. The normalized spacial score (nSPS) is 8.93. The van der Waals surface area contributed by atoms with E-state index in [9.17, 15) is 4.79 Å². The molecule has 0 aliphatic heterocycles. The summed E-state index contributed by atoms with van der Waals surface area (Å²) in [6.07, 6.45) is 10.00. The molecule has 0 atom stereocenters. The molecule has 0 heterocycles. The largest absolute Gasteiger partial charge is 0.466 e. The number of ether oxygens (including phenoxy) is 1. The highest BCUT2D eigenvalue weighted by molar-refractivity contribution is 5.69. The molecule has 0 N–H and O–H groups in total. The molecule has 0 unspecified atom stereocenters. The lowest BCUT2D eigenvalue weighted by molar-refractivity contribution is -0.143. The summed E-state index contributed by atoms with van der Waals surface area (Å²) in [6.45, 7) is 0.426.